The van der Waals surface area contributed by atoms with Gasteiger partial charge in [0.15, 0.2) is 11.5 Å². The number of aryl methyl sites for hydroxylation is 1. The third-order valence-electron chi connectivity index (χ3n) is 3.07. The normalized spacial score (nSPS) is 12.1. The Bertz CT molecular complexity index is 642. The van der Waals surface area contributed by atoms with Crippen LogP contribution in [0.25, 0.3) is 0 Å². The van der Waals surface area contributed by atoms with Crippen molar-refractivity contribution in [2.45, 2.75) is 12.3 Å². The molecular formula is C15H16BrClO3S. The molecule has 0 saturated heterocycles. The third kappa shape index (κ3) is 3.15. The van der Waals surface area contributed by atoms with E-state index in [4.69, 9.17) is 25.8 Å². The summed E-state index contributed by atoms with van der Waals surface area (Å²) in [6, 6.07) is 5.79. The summed E-state index contributed by atoms with van der Waals surface area (Å²) in [5.74, 6) is 1.76. The molecule has 114 valence electrons. The van der Waals surface area contributed by atoms with Crippen LogP contribution in [0.4, 0.5) is 0 Å². The molecule has 1 aromatic heterocycles. The standard InChI is InChI=1S/C15H16BrClO3S/c1-8-7-10(16)15(21-8)12(17)9-5-6-11(18-2)14(20-4)13(9)19-3/h5-7,12H,1-4H3. The maximum absolute atomic E-state index is 6.66. The van der Waals surface area contributed by atoms with E-state index >= 15 is 0 Å². The van der Waals surface area contributed by atoms with Crippen LogP contribution in [0.15, 0.2) is 22.7 Å². The molecule has 1 aromatic carbocycles. The van der Waals surface area contributed by atoms with Crippen LogP contribution in [-0.4, -0.2) is 21.3 Å². The number of thiophene rings is 1. The minimum atomic E-state index is -0.326. The highest BCUT2D eigenvalue weighted by Crippen LogP contribution is 2.48. The van der Waals surface area contributed by atoms with Crippen LogP contribution >= 0.6 is 38.9 Å². The van der Waals surface area contributed by atoms with Crippen molar-refractivity contribution in [1.82, 2.24) is 0 Å². The van der Waals surface area contributed by atoms with E-state index in [-0.39, 0.29) is 5.38 Å². The summed E-state index contributed by atoms with van der Waals surface area (Å²) in [6.45, 7) is 2.05. The molecule has 1 unspecified atom stereocenters. The molecule has 0 aliphatic rings. The third-order valence-corrected chi connectivity index (χ3v) is 5.69. The van der Waals surface area contributed by atoms with Crippen molar-refractivity contribution in [1.29, 1.82) is 0 Å². The molecule has 1 heterocycles. The van der Waals surface area contributed by atoms with Crippen molar-refractivity contribution in [3.8, 4) is 17.2 Å². The molecule has 0 aliphatic heterocycles. The minimum Gasteiger partial charge on any atom is -0.493 e. The molecule has 0 spiro atoms. The monoisotopic (exact) mass is 390 g/mol. The van der Waals surface area contributed by atoms with E-state index in [0.717, 1.165) is 14.9 Å². The summed E-state index contributed by atoms with van der Waals surface area (Å²) < 4.78 is 17.2. The summed E-state index contributed by atoms with van der Waals surface area (Å²) in [4.78, 5) is 2.24. The van der Waals surface area contributed by atoms with Gasteiger partial charge in [-0.15, -0.1) is 22.9 Å². The second-order valence-electron chi connectivity index (χ2n) is 4.36. The second kappa shape index (κ2) is 6.90. The lowest BCUT2D eigenvalue weighted by molar-refractivity contribution is 0.322. The SMILES string of the molecule is COc1ccc(C(Cl)c2sc(C)cc2Br)c(OC)c1OC. The Balaban J connectivity index is 2.55. The molecule has 0 bridgehead atoms. The van der Waals surface area contributed by atoms with Gasteiger partial charge in [0.05, 0.1) is 26.7 Å². The molecule has 0 N–H and O–H groups in total. The lowest BCUT2D eigenvalue weighted by atomic mass is 10.1. The molecule has 2 aromatic rings. The van der Waals surface area contributed by atoms with E-state index in [1.165, 1.54) is 4.88 Å². The van der Waals surface area contributed by atoms with Gasteiger partial charge in [0.25, 0.3) is 0 Å². The summed E-state index contributed by atoms with van der Waals surface area (Å²) in [5, 5.41) is -0.326. The van der Waals surface area contributed by atoms with Crippen molar-refractivity contribution >= 4 is 38.9 Å². The van der Waals surface area contributed by atoms with Gasteiger partial charge in [-0.3, -0.25) is 0 Å². The highest BCUT2D eigenvalue weighted by Gasteiger charge is 2.24. The first-order chi connectivity index (χ1) is 10.0. The molecule has 0 radical (unpaired) electrons. The summed E-state index contributed by atoms with van der Waals surface area (Å²) >= 11 is 11.9. The number of hydrogen-bond donors (Lipinski definition) is 0. The smallest absolute Gasteiger partial charge is 0.203 e. The molecule has 2 rings (SSSR count). The maximum atomic E-state index is 6.66. The number of ether oxygens (including phenoxy) is 3. The topological polar surface area (TPSA) is 27.7 Å². The van der Waals surface area contributed by atoms with E-state index in [1.54, 1.807) is 32.7 Å². The average molecular weight is 392 g/mol. The highest BCUT2D eigenvalue weighted by atomic mass is 79.9. The van der Waals surface area contributed by atoms with Crippen LogP contribution in [0.2, 0.25) is 0 Å². The lowest BCUT2D eigenvalue weighted by Crippen LogP contribution is -2.01. The Hall–Kier alpha value is -0.910. The van der Waals surface area contributed by atoms with Crippen molar-refractivity contribution in [2.75, 3.05) is 21.3 Å². The molecule has 1 atom stereocenters. The van der Waals surface area contributed by atoms with Crippen molar-refractivity contribution in [3.05, 3.63) is 38.0 Å². The maximum Gasteiger partial charge on any atom is 0.203 e. The Labute approximate surface area is 141 Å². The fourth-order valence-corrected chi connectivity index (χ4v) is 4.57. The predicted molar refractivity (Wildman–Crippen MR) is 90.6 cm³/mol. The zero-order valence-corrected chi connectivity index (χ0v) is 15.4. The molecular weight excluding hydrogens is 376 g/mol. The van der Waals surface area contributed by atoms with Gasteiger partial charge >= 0.3 is 0 Å². The molecule has 0 aliphatic carbocycles. The van der Waals surface area contributed by atoms with Gasteiger partial charge in [-0.2, -0.15) is 0 Å². The van der Waals surface area contributed by atoms with Gasteiger partial charge in [-0.1, -0.05) is 0 Å². The minimum absolute atomic E-state index is 0.326. The predicted octanol–water partition coefficient (Wildman–Crippen LogP) is 5.17. The van der Waals surface area contributed by atoms with Gasteiger partial charge < -0.3 is 14.2 Å². The first-order valence-corrected chi connectivity index (χ1v) is 8.26. The largest absolute Gasteiger partial charge is 0.493 e. The van der Waals surface area contributed by atoms with Gasteiger partial charge in [-0.05, 0) is 41.1 Å². The molecule has 0 fully saturated rings. The summed E-state index contributed by atoms with van der Waals surface area (Å²) in [7, 11) is 4.77. The van der Waals surface area contributed by atoms with Crippen LogP contribution in [0.1, 0.15) is 20.7 Å². The van der Waals surface area contributed by atoms with Crippen molar-refractivity contribution in [3.63, 3.8) is 0 Å². The van der Waals surface area contributed by atoms with Gasteiger partial charge in [-0.25, -0.2) is 0 Å². The number of hydrogen-bond acceptors (Lipinski definition) is 4. The first-order valence-electron chi connectivity index (χ1n) is 6.22. The van der Waals surface area contributed by atoms with Crippen LogP contribution in [-0.2, 0) is 0 Å². The highest BCUT2D eigenvalue weighted by molar-refractivity contribution is 9.10. The molecule has 0 amide bonds. The van der Waals surface area contributed by atoms with E-state index in [9.17, 15) is 0 Å². The Morgan fingerprint density at radius 3 is 2.24 bits per heavy atom. The zero-order chi connectivity index (χ0) is 15.6. The average Bonchev–Trinajstić information content (AvgIpc) is 2.83. The molecule has 6 heteroatoms. The number of methoxy groups -OCH3 is 3. The van der Waals surface area contributed by atoms with E-state index < -0.39 is 0 Å². The molecule has 3 nitrogen and oxygen atoms in total. The van der Waals surface area contributed by atoms with Crippen LogP contribution < -0.4 is 14.2 Å². The van der Waals surface area contributed by atoms with Crippen LogP contribution in [0.3, 0.4) is 0 Å². The molecule has 0 saturated carbocycles. The Morgan fingerprint density at radius 2 is 1.76 bits per heavy atom. The van der Waals surface area contributed by atoms with Crippen molar-refractivity contribution < 1.29 is 14.2 Å². The lowest BCUT2D eigenvalue weighted by Gasteiger charge is -2.18. The summed E-state index contributed by atoms with van der Waals surface area (Å²) in [5.41, 5.74) is 0.847. The van der Waals surface area contributed by atoms with E-state index in [2.05, 4.69) is 22.0 Å². The van der Waals surface area contributed by atoms with E-state index in [1.807, 2.05) is 19.1 Å². The number of benzene rings is 1. The van der Waals surface area contributed by atoms with Crippen LogP contribution in [0.5, 0.6) is 17.2 Å². The molecule has 21 heavy (non-hydrogen) atoms. The summed E-state index contributed by atoms with van der Waals surface area (Å²) in [6.07, 6.45) is 0. The van der Waals surface area contributed by atoms with Gasteiger partial charge in [0.2, 0.25) is 5.75 Å². The Kier molecular flexibility index (Phi) is 5.41. The van der Waals surface area contributed by atoms with Gasteiger partial charge in [0, 0.05) is 19.8 Å². The quantitative estimate of drug-likeness (QED) is 0.658. The van der Waals surface area contributed by atoms with Crippen molar-refractivity contribution in [2.24, 2.45) is 0 Å². The zero-order valence-electron chi connectivity index (χ0n) is 12.2. The fraction of sp³-hybridized carbons (Fsp3) is 0.333. The number of rotatable bonds is 5. The van der Waals surface area contributed by atoms with E-state index in [0.29, 0.717) is 17.2 Å². The van der Waals surface area contributed by atoms with Crippen LogP contribution in [0, 0.1) is 6.92 Å². The fourth-order valence-electron chi connectivity index (χ4n) is 2.14. The van der Waals surface area contributed by atoms with Gasteiger partial charge in [0.1, 0.15) is 0 Å². The number of alkyl halides is 1. The first kappa shape index (κ1) is 16.5. The number of halogens is 2. The Morgan fingerprint density at radius 1 is 1.10 bits per heavy atom. The second-order valence-corrected chi connectivity index (χ2v) is 6.93.